The van der Waals surface area contributed by atoms with Crippen molar-refractivity contribution in [2.45, 2.75) is 50.6 Å². The van der Waals surface area contributed by atoms with Crippen LogP contribution in [0.15, 0.2) is 72.8 Å². The summed E-state index contributed by atoms with van der Waals surface area (Å²) in [7, 11) is 0. The number of ether oxygens (including phenoxy) is 3. The van der Waals surface area contributed by atoms with Gasteiger partial charge in [0, 0.05) is 55.2 Å². The molecular weight excluding hydrogens is 579 g/mol. The van der Waals surface area contributed by atoms with Crippen molar-refractivity contribution in [1.29, 1.82) is 0 Å². The van der Waals surface area contributed by atoms with E-state index in [2.05, 4.69) is 74.7 Å². The molecule has 5 nitrogen and oxygen atoms in total. The average Bonchev–Trinajstić information content (AvgIpc) is 2.98. The molecule has 4 aliphatic heterocycles. The molecule has 0 fully saturated rings. The summed E-state index contributed by atoms with van der Waals surface area (Å²) in [6.07, 6.45) is 0. The highest BCUT2D eigenvalue weighted by Gasteiger charge is 2.48. The quantitative estimate of drug-likeness (QED) is 0.236. The smallest absolute Gasteiger partial charge is 0.127 e. The van der Waals surface area contributed by atoms with Crippen LogP contribution < -0.4 is 24.8 Å². The Morgan fingerprint density at radius 1 is 0.628 bits per heavy atom. The average molecular weight is 614 g/mol. The highest BCUT2D eigenvalue weighted by Crippen LogP contribution is 2.55. The van der Waals surface area contributed by atoms with Crippen LogP contribution in [-0.4, -0.2) is 13.2 Å². The Morgan fingerprint density at radius 3 is 1.51 bits per heavy atom. The Hall–Kier alpha value is -3.54. The largest absolute Gasteiger partial charge is 0.493 e. The molecule has 8 rings (SSSR count). The number of nitrogens with one attached hydrogen (secondary N) is 2. The van der Waals surface area contributed by atoms with Crippen molar-refractivity contribution in [2.24, 2.45) is 11.8 Å². The van der Waals surface area contributed by atoms with Crippen LogP contribution in [0.4, 0.5) is 11.4 Å². The Kier molecular flexibility index (Phi) is 5.96. The first-order valence-electron chi connectivity index (χ1n) is 14.9. The normalized spacial score (nSPS) is 25.0. The van der Waals surface area contributed by atoms with Gasteiger partial charge in [-0.15, -0.1) is 0 Å². The summed E-state index contributed by atoms with van der Waals surface area (Å²) in [6.45, 7) is 10.5. The minimum atomic E-state index is -0.151. The van der Waals surface area contributed by atoms with Crippen LogP contribution in [0, 0.1) is 11.8 Å². The lowest BCUT2D eigenvalue weighted by Gasteiger charge is -2.48. The van der Waals surface area contributed by atoms with E-state index in [1.54, 1.807) is 0 Å². The van der Waals surface area contributed by atoms with Gasteiger partial charge in [0.05, 0.1) is 25.3 Å². The molecule has 0 aliphatic carbocycles. The fraction of sp³-hybridized carbons (Fsp3) is 0.333. The number of hydrogen-bond donors (Lipinski definition) is 2. The van der Waals surface area contributed by atoms with Gasteiger partial charge in [-0.2, -0.15) is 0 Å². The van der Waals surface area contributed by atoms with Crippen LogP contribution in [0.2, 0.25) is 10.0 Å². The summed E-state index contributed by atoms with van der Waals surface area (Å²) in [6, 6.07) is 24.8. The zero-order valence-electron chi connectivity index (χ0n) is 24.6. The van der Waals surface area contributed by atoms with Gasteiger partial charge < -0.3 is 24.8 Å². The molecule has 0 saturated carbocycles. The fourth-order valence-electron chi connectivity index (χ4n) is 7.74. The van der Waals surface area contributed by atoms with Crippen molar-refractivity contribution in [3.05, 3.63) is 105 Å². The van der Waals surface area contributed by atoms with Crippen molar-refractivity contribution in [3.63, 3.8) is 0 Å². The zero-order chi connectivity index (χ0) is 29.7. The zero-order valence-corrected chi connectivity index (χ0v) is 26.1. The number of benzene rings is 4. The summed E-state index contributed by atoms with van der Waals surface area (Å²) in [5.74, 6) is 3.92. The molecule has 4 aromatic rings. The Morgan fingerprint density at radius 2 is 1.07 bits per heavy atom. The second-order valence-corrected chi connectivity index (χ2v) is 14.3. The fourth-order valence-corrected chi connectivity index (χ4v) is 8.10. The van der Waals surface area contributed by atoms with E-state index >= 15 is 0 Å². The van der Waals surface area contributed by atoms with Gasteiger partial charge in [-0.05, 0) is 83.9 Å². The van der Waals surface area contributed by atoms with E-state index < -0.39 is 0 Å². The lowest BCUT2D eigenvalue weighted by Crippen LogP contribution is -2.46. The molecule has 43 heavy (non-hydrogen) atoms. The first kappa shape index (κ1) is 27.0. The molecule has 4 aliphatic rings. The number of hydrogen-bond acceptors (Lipinski definition) is 5. The van der Waals surface area contributed by atoms with Crippen molar-refractivity contribution >= 4 is 34.6 Å². The third-order valence-electron chi connectivity index (χ3n) is 10.3. The lowest BCUT2D eigenvalue weighted by molar-refractivity contribution is 0.135. The highest BCUT2D eigenvalue weighted by molar-refractivity contribution is 6.31. The van der Waals surface area contributed by atoms with Crippen LogP contribution in [0.5, 0.6) is 23.0 Å². The summed E-state index contributed by atoms with van der Waals surface area (Å²) in [4.78, 5) is 0. The molecule has 0 amide bonds. The first-order valence-corrected chi connectivity index (χ1v) is 15.7. The molecule has 0 spiro atoms. The predicted octanol–water partition coefficient (Wildman–Crippen LogP) is 9.69. The molecule has 4 heterocycles. The summed E-state index contributed by atoms with van der Waals surface area (Å²) < 4.78 is 19.0. The topological polar surface area (TPSA) is 51.8 Å². The van der Waals surface area contributed by atoms with Crippen molar-refractivity contribution in [1.82, 2.24) is 0 Å². The van der Waals surface area contributed by atoms with Gasteiger partial charge in [0.1, 0.15) is 23.0 Å². The molecule has 220 valence electrons. The Labute approximate surface area is 262 Å². The molecule has 0 aromatic heterocycles. The molecule has 0 unspecified atom stereocenters. The van der Waals surface area contributed by atoms with E-state index in [0.29, 0.717) is 13.2 Å². The van der Waals surface area contributed by atoms with Crippen molar-refractivity contribution in [3.8, 4) is 23.0 Å². The van der Waals surface area contributed by atoms with Gasteiger partial charge in [-0.3, -0.25) is 0 Å². The second-order valence-electron chi connectivity index (χ2n) is 13.4. The number of anilines is 2. The maximum absolute atomic E-state index is 6.56. The molecule has 0 radical (unpaired) electrons. The number of fused-ring (bicyclic) bond motifs is 8. The van der Waals surface area contributed by atoms with Crippen LogP contribution >= 0.6 is 23.2 Å². The van der Waals surface area contributed by atoms with Crippen molar-refractivity contribution in [2.75, 3.05) is 23.8 Å². The maximum Gasteiger partial charge on any atom is 0.127 e. The molecular formula is C36H34Cl2N2O3. The number of halogens is 2. The van der Waals surface area contributed by atoms with Gasteiger partial charge in [-0.25, -0.2) is 0 Å². The Balaban J connectivity index is 1.10. The number of rotatable bonds is 2. The van der Waals surface area contributed by atoms with Gasteiger partial charge in [0.25, 0.3) is 0 Å². The standard InChI is InChI=1S/C36H34Cl2N2O3/c1-35(2)25-15-21(7-9-29(25)39-33-23-13-19(37)5-11-31(23)41-17-27(33)35)43-22-8-10-30-26(16-22)36(3,4)28-18-42-32-12-6-20(38)14-24(32)34(28)40-30/h5-16,27-28,33-34,39-40H,17-18H2,1-4H3/t27-,28-,33+,34+/m1/s1. The van der Waals surface area contributed by atoms with E-state index in [0.717, 1.165) is 55.5 Å². The van der Waals surface area contributed by atoms with Gasteiger partial charge in [0.15, 0.2) is 0 Å². The SMILES string of the molecule is CC1(C)c2cc(Oc3ccc4c(c3)C(C)(C)[C@@H]3COc5ccc(Cl)cc5[C@@H]3N4)ccc2N[C@H]2c3cc(Cl)ccc3OC[C@H]21. The molecule has 2 N–H and O–H groups in total. The van der Waals surface area contributed by atoms with Crippen molar-refractivity contribution < 1.29 is 14.2 Å². The Bertz CT molecular complexity index is 1660. The van der Waals surface area contributed by atoms with Crippen LogP contribution in [0.1, 0.15) is 62.0 Å². The van der Waals surface area contributed by atoms with Crippen LogP contribution in [0.25, 0.3) is 0 Å². The van der Waals surface area contributed by atoms with Gasteiger partial charge >= 0.3 is 0 Å². The van der Waals surface area contributed by atoms with Gasteiger partial charge in [-0.1, -0.05) is 50.9 Å². The molecule has 0 bridgehead atoms. The molecule has 4 aromatic carbocycles. The first-order chi connectivity index (χ1) is 20.6. The minimum absolute atomic E-state index is 0.127. The summed E-state index contributed by atoms with van der Waals surface area (Å²) in [5, 5.41) is 9.04. The van der Waals surface area contributed by atoms with E-state index in [1.807, 2.05) is 36.4 Å². The molecule has 4 atom stereocenters. The molecule has 7 heteroatoms. The van der Waals surface area contributed by atoms with Gasteiger partial charge in [0.2, 0.25) is 0 Å². The minimum Gasteiger partial charge on any atom is -0.493 e. The third kappa shape index (κ3) is 4.19. The third-order valence-corrected chi connectivity index (χ3v) is 10.8. The second kappa shape index (κ2) is 9.48. The summed E-state index contributed by atoms with van der Waals surface area (Å²) >= 11 is 12.8. The molecule has 0 saturated heterocycles. The van der Waals surface area contributed by atoms with E-state index in [1.165, 1.54) is 11.1 Å². The van der Waals surface area contributed by atoms with E-state index in [-0.39, 0.29) is 34.7 Å². The van der Waals surface area contributed by atoms with Crippen LogP contribution in [0.3, 0.4) is 0 Å². The van der Waals surface area contributed by atoms with Crippen LogP contribution in [-0.2, 0) is 10.8 Å². The summed E-state index contributed by atoms with van der Waals surface area (Å²) in [5.41, 5.74) is 6.61. The van der Waals surface area contributed by atoms with E-state index in [4.69, 9.17) is 37.4 Å². The lowest BCUT2D eigenvalue weighted by atomic mass is 9.65. The highest BCUT2D eigenvalue weighted by atomic mass is 35.5. The predicted molar refractivity (Wildman–Crippen MR) is 173 cm³/mol. The monoisotopic (exact) mass is 612 g/mol. The maximum atomic E-state index is 6.56. The van der Waals surface area contributed by atoms with E-state index in [9.17, 15) is 0 Å².